The van der Waals surface area contributed by atoms with Crippen LogP contribution in [0.1, 0.15) is 15.4 Å². The lowest BCUT2D eigenvalue weighted by Gasteiger charge is -2.13. The van der Waals surface area contributed by atoms with Crippen LogP contribution in [-0.2, 0) is 4.79 Å². The molecule has 0 saturated carbocycles. The van der Waals surface area contributed by atoms with Crippen molar-refractivity contribution in [1.29, 1.82) is 0 Å². The molecule has 14 heteroatoms. The first-order valence-electron chi connectivity index (χ1n) is 8.61. The van der Waals surface area contributed by atoms with Crippen molar-refractivity contribution < 1.29 is 23.8 Å². The van der Waals surface area contributed by atoms with Crippen molar-refractivity contribution in [3.63, 3.8) is 0 Å². The minimum atomic E-state index is -0.420. The van der Waals surface area contributed by atoms with Crippen molar-refractivity contribution in [3.8, 4) is 17.2 Å². The van der Waals surface area contributed by atoms with Gasteiger partial charge in [-0.1, -0.05) is 34.4 Å². The summed E-state index contributed by atoms with van der Waals surface area (Å²) in [5.41, 5.74) is 0.297. The fourth-order valence-electron chi connectivity index (χ4n) is 2.33. The largest absolute Gasteiger partial charge is 0.493 e. The Morgan fingerprint density at radius 3 is 2.16 bits per heavy atom. The van der Waals surface area contributed by atoms with Crippen LogP contribution in [0.4, 0.5) is 10.3 Å². The van der Waals surface area contributed by atoms with E-state index in [-0.39, 0.29) is 11.7 Å². The van der Waals surface area contributed by atoms with Gasteiger partial charge < -0.3 is 14.2 Å². The van der Waals surface area contributed by atoms with Crippen molar-refractivity contribution in [3.05, 3.63) is 22.7 Å². The lowest BCUT2D eigenvalue weighted by molar-refractivity contribution is -0.113. The number of hydrogen-bond donors (Lipinski definition) is 2. The Bertz CT molecular complexity index is 1060. The second kappa shape index (κ2) is 10.4. The fraction of sp³-hybridized carbons (Fsp3) is 0.294. The van der Waals surface area contributed by atoms with Crippen molar-refractivity contribution in [2.45, 2.75) is 11.3 Å². The Labute approximate surface area is 189 Å². The third-order valence-electron chi connectivity index (χ3n) is 3.65. The SMILES string of the molecule is COc1cc(C(=O)Nc2nnc(SCC(=O)Nc3nnc(C)s3)s2)cc(OC)c1OC. The van der Waals surface area contributed by atoms with E-state index in [4.69, 9.17) is 14.2 Å². The monoisotopic (exact) mass is 482 g/mol. The van der Waals surface area contributed by atoms with Gasteiger partial charge in [0.25, 0.3) is 5.91 Å². The third-order valence-corrected chi connectivity index (χ3v) is 6.38. The second-order valence-corrected chi connectivity index (χ2v) is 9.09. The van der Waals surface area contributed by atoms with Gasteiger partial charge in [0.2, 0.25) is 21.9 Å². The number of carbonyl (C=O) groups excluding carboxylic acids is 2. The van der Waals surface area contributed by atoms with Crippen LogP contribution in [0.15, 0.2) is 16.5 Å². The molecule has 31 heavy (non-hydrogen) atoms. The highest BCUT2D eigenvalue weighted by Crippen LogP contribution is 2.38. The predicted octanol–water partition coefficient (Wildman–Crippen LogP) is 2.71. The molecule has 0 unspecified atom stereocenters. The number of hydrogen-bond acceptors (Lipinski definition) is 12. The highest BCUT2D eigenvalue weighted by Gasteiger charge is 2.18. The Morgan fingerprint density at radius 1 is 0.935 bits per heavy atom. The van der Waals surface area contributed by atoms with Crippen LogP contribution in [-0.4, -0.2) is 59.3 Å². The van der Waals surface area contributed by atoms with Crippen molar-refractivity contribution >= 4 is 56.5 Å². The Kier molecular flexibility index (Phi) is 7.59. The van der Waals surface area contributed by atoms with Crippen molar-refractivity contribution in [1.82, 2.24) is 20.4 Å². The minimum Gasteiger partial charge on any atom is -0.493 e. The topological polar surface area (TPSA) is 137 Å². The molecular weight excluding hydrogens is 464 g/mol. The fourth-order valence-corrected chi connectivity index (χ4v) is 4.48. The minimum absolute atomic E-state index is 0.119. The summed E-state index contributed by atoms with van der Waals surface area (Å²) < 4.78 is 16.3. The number of amides is 2. The molecule has 2 amide bonds. The van der Waals surface area contributed by atoms with Crippen LogP contribution in [0.5, 0.6) is 17.2 Å². The zero-order valence-corrected chi connectivity index (χ0v) is 19.4. The molecule has 3 rings (SSSR count). The van der Waals surface area contributed by atoms with Crippen LogP contribution < -0.4 is 24.8 Å². The van der Waals surface area contributed by atoms with Crippen LogP contribution in [0.3, 0.4) is 0 Å². The molecular formula is C17H18N6O5S3. The van der Waals surface area contributed by atoms with Gasteiger partial charge in [-0.2, -0.15) is 0 Å². The maximum Gasteiger partial charge on any atom is 0.257 e. The lowest BCUT2D eigenvalue weighted by atomic mass is 10.1. The number of rotatable bonds is 9. The first-order valence-corrected chi connectivity index (χ1v) is 11.2. The Hall–Kier alpha value is -2.97. The smallest absolute Gasteiger partial charge is 0.257 e. The van der Waals surface area contributed by atoms with E-state index in [1.54, 1.807) is 6.92 Å². The van der Waals surface area contributed by atoms with Crippen molar-refractivity contribution in [2.24, 2.45) is 0 Å². The lowest BCUT2D eigenvalue weighted by Crippen LogP contribution is -2.13. The van der Waals surface area contributed by atoms with Gasteiger partial charge in [-0.15, -0.1) is 20.4 Å². The van der Waals surface area contributed by atoms with Gasteiger partial charge in [-0.05, 0) is 19.1 Å². The average Bonchev–Trinajstić information content (AvgIpc) is 3.39. The zero-order chi connectivity index (χ0) is 22.4. The van der Waals surface area contributed by atoms with Gasteiger partial charge in [-0.3, -0.25) is 20.2 Å². The first kappa shape index (κ1) is 22.7. The summed E-state index contributed by atoms with van der Waals surface area (Å²) in [6.07, 6.45) is 0. The molecule has 1 aromatic carbocycles. The van der Waals surface area contributed by atoms with Gasteiger partial charge in [-0.25, -0.2) is 0 Å². The number of ether oxygens (including phenoxy) is 3. The molecule has 3 aromatic rings. The average molecular weight is 483 g/mol. The number of nitrogens with one attached hydrogen (secondary N) is 2. The van der Waals surface area contributed by atoms with E-state index in [1.807, 2.05) is 0 Å². The maximum atomic E-state index is 12.6. The quantitative estimate of drug-likeness (QED) is 0.346. The number of methoxy groups -OCH3 is 3. The van der Waals surface area contributed by atoms with Gasteiger partial charge in [0, 0.05) is 5.56 Å². The summed E-state index contributed by atoms with van der Waals surface area (Å²) in [6.45, 7) is 1.80. The van der Waals surface area contributed by atoms with E-state index in [1.165, 1.54) is 56.6 Å². The molecule has 0 saturated heterocycles. The molecule has 2 aromatic heterocycles. The number of aromatic nitrogens is 4. The molecule has 2 N–H and O–H groups in total. The normalized spacial score (nSPS) is 10.5. The molecule has 0 aliphatic carbocycles. The summed E-state index contributed by atoms with van der Waals surface area (Å²) in [5, 5.41) is 22.4. The molecule has 11 nitrogen and oxygen atoms in total. The highest BCUT2D eigenvalue weighted by atomic mass is 32.2. The Balaban J connectivity index is 1.60. The van der Waals surface area contributed by atoms with Crippen LogP contribution >= 0.6 is 34.4 Å². The highest BCUT2D eigenvalue weighted by molar-refractivity contribution is 8.01. The van der Waals surface area contributed by atoms with E-state index < -0.39 is 5.91 Å². The number of aryl methyl sites for hydroxylation is 1. The number of carbonyl (C=O) groups is 2. The van der Waals surface area contributed by atoms with E-state index in [0.717, 1.165) is 16.3 Å². The number of nitrogens with zero attached hydrogens (tertiary/aromatic N) is 4. The second-order valence-electron chi connectivity index (χ2n) is 5.70. The van der Waals surface area contributed by atoms with Crippen molar-refractivity contribution in [2.75, 3.05) is 37.7 Å². The van der Waals surface area contributed by atoms with Gasteiger partial charge in [0.1, 0.15) is 5.01 Å². The van der Waals surface area contributed by atoms with E-state index in [2.05, 4.69) is 31.0 Å². The number of thioether (sulfide) groups is 1. The molecule has 0 radical (unpaired) electrons. The summed E-state index contributed by atoms with van der Waals surface area (Å²) >= 11 is 3.64. The van der Waals surface area contributed by atoms with E-state index in [9.17, 15) is 9.59 Å². The zero-order valence-electron chi connectivity index (χ0n) is 16.9. The standard InChI is InChI=1S/C17H18N6O5S3/c1-8-20-21-15(30-8)18-12(24)7-29-17-23-22-16(31-17)19-14(25)9-5-10(26-2)13(28-4)11(6-9)27-3/h5-6H,7H2,1-4H3,(H,18,21,24)(H,19,22,25). The summed E-state index contributed by atoms with van der Waals surface area (Å²) in [7, 11) is 4.42. The van der Waals surface area contributed by atoms with Gasteiger partial charge in [0.15, 0.2) is 15.8 Å². The third kappa shape index (κ3) is 5.80. The van der Waals surface area contributed by atoms with Gasteiger partial charge >= 0.3 is 0 Å². The predicted molar refractivity (Wildman–Crippen MR) is 118 cm³/mol. The molecule has 164 valence electrons. The molecule has 0 aliphatic heterocycles. The van der Waals surface area contributed by atoms with E-state index >= 15 is 0 Å². The molecule has 0 atom stereocenters. The van der Waals surface area contributed by atoms with Crippen LogP contribution in [0.25, 0.3) is 0 Å². The molecule has 0 aliphatic rings. The first-order chi connectivity index (χ1) is 14.9. The Morgan fingerprint density at radius 2 is 1.58 bits per heavy atom. The number of anilines is 2. The summed E-state index contributed by atoms with van der Waals surface area (Å²) in [6, 6.07) is 3.07. The molecule has 0 fully saturated rings. The molecule has 0 bridgehead atoms. The number of benzene rings is 1. The van der Waals surface area contributed by atoms with Crippen LogP contribution in [0, 0.1) is 6.92 Å². The summed E-state index contributed by atoms with van der Waals surface area (Å²) in [5.74, 6) is 0.566. The summed E-state index contributed by atoms with van der Waals surface area (Å²) in [4.78, 5) is 24.6. The molecule has 0 spiro atoms. The van der Waals surface area contributed by atoms with E-state index in [0.29, 0.717) is 37.4 Å². The van der Waals surface area contributed by atoms with Gasteiger partial charge in [0.05, 0.1) is 27.1 Å². The molecule has 2 heterocycles. The maximum absolute atomic E-state index is 12.6. The van der Waals surface area contributed by atoms with Crippen LogP contribution in [0.2, 0.25) is 0 Å².